The Hall–Kier alpha value is -6.90. The van der Waals surface area contributed by atoms with Crippen LogP contribution in [0.3, 0.4) is 0 Å². The molecule has 0 unspecified atom stereocenters. The molecule has 0 bridgehead atoms. The SMILES string of the molecule is CN1CCN(CCCC(=O)Cl)CC1.COc1cc([C@@H]2c3cc4c(cc3[C@@H](O[C@@H]3O[C@@H]5CO[C@@H](C)O[C@H]5[C@H](O)[C@H]3O)[C@H]3COC(=O)[C@H]23)OCO4)cc(OC)c1O.COc1cc([C@@H]2c3cc4c(cc3[C@@H](O[C@@H]3O[C@@H]5CO[C@@H](C)O[C@H]5[C@H](O)[C@H]3O)[C@H]3COC(=O)[C@H]23)OCO4)cc(OC)c1OC(=O)CCCN1CCN(C)CC1.Cl. The second kappa shape index (κ2) is 35.2. The molecule has 32 nitrogen and oxygen atoms in total. The highest BCUT2D eigenvalue weighted by Gasteiger charge is 2.59. The van der Waals surface area contributed by atoms with Gasteiger partial charge in [-0.25, -0.2) is 0 Å². The predicted octanol–water partition coefficient (Wildman–Crippen LogP) is 4.11. The number of cyclic esters (lactones) is 2. The lowest BCUT2D eigenvalue weighted by atomic mass is 9.66. The lowest BCUT2D eigenvalue weighted by molar-refractivity contribution is -0.364. The number of ether oxygens (including phenoxy) is 19. The van der Waals surface area contributed by atoms with Gasteiger partial charge in [-0.1, -0.05) is 0 Å². The Morgan fingerprint density at radius 2 is 0.882 bits per heavy atom. The van der Waals surface area contributed by atoms with E-state index in [1.165, 1.54) is 28.4 Å². The van der Waals surface area contributed by atoms with Crippen LogP contribution in [0, 0.1) is 23.7 Å². The van der Waals surface area contributed by atoms with Crippen LogP contribution in [0.25, 0.3) is 0 Å². The highest BCUT2D eigenvalue weighted by atomic mass is 35.5. The van der Waals surface area contributed by atoms with Crippen molar-refractivity contribution >= 4 is 47.2 Å². The Balaban J connectivity index is 0.000000168. The van der Waals surface area contributed by atoms with Gasteiger partial charge in [0.15, 0.2) is 71.2 Å². The molecule has 4 aromatic rings. The van der Waals surface area contributed by atoms with Crippen LogP contribution in [0.1, 0.15) is 97.0 Å². The van der Waals surface area contributed by atoms with Crippen LogP contribution in [0.2, 0.25) is 0 Å². The third kappa shape index (κ3) is 16.9. The number of hydrogen-bond acceptors (Lipinski definition) is 32. The van der Waals surface area contributed by atoms with E-state index in [-0.39, 0.29) is 98.6 Å². The van der Waals surface area contributed by atoms with E-state index >= 15 is 0 Å². The molecular weight excluding hydrogens is 1490 g/mol. The summed E-state index contributed by atoms with van der Waals surface area (Å²) in [7, 11) is 10.1. The molecule has 0 amide bonds. The van der Waals surface area contributed by atoms with Crippen molar-refractivity contribution < 1.29 is 135 Å². The van der Waals surface area contributed by atoms with Crippen molar-refractivity contribution in [3.8, 4) is 57.5 Å². The van der Waals surface area contributed by atoms with Crippen molar-refractivity contribution in [2.45, 2.75) is 138 Å². The maximum Gasteiger partial charge on any atom is 0.311 e. The van der Waals surface area contributed by atoms with Crippen LogP contribution < -0.4 is 42.6 Å². The van der Waals surface area contributed by atoms with E-state index in [9.17, 15) is 44.7 Å². The molecule has 10 aliphatic heterocycles. The first-order valence-corrected chi connectivity index (χ1v) is 37.5. The number of nitrogens with zero attached hydrogens (tertiary/aromatic N) is 4. The first-order valence-electron chi connectivity index (χ1n) is 37.1. The van der Waals surface area contributed by atoms with Gasteiger partial charge in [-0.2, -0.15) is 0 Å². The number of phenols is 1. The number of aliphatic hydroxyl groups is 4. The predicted molar refractivity (Wildman–Crippen MR) is 385 cm³/mol. The number of halogens is 2. The fourth-order valence-corrected chi connectivity index (χ4v) is 16.9. The molecule has 34 heteroatoms. The number of aliphatic hydroxyl groups excluding tert-OH is 4. The minimum atomic E-state index is -1.46. The fraction of sp³-hybridized carbons (Fsp3) is 0.632. The van der Waals surface area contributed by atoms with Crippen molar-refractivity contribution in [3.05, 3.63) is 81.9 Å². The zero-order valence-corrected chi connectivity index (χ0v) is 64.1. The molecule has 8 saturated heterocycles. The molecule has 0 spiro atoms. The van der Waals surface area contributed by atoms with Crippen molar-refractivity contribution in [2.24, 2.45) is 23.7 Å². The maximum absolute atomic E-state index is 13.7. The summed E-state index contributed by atoms with van der Waals surface area (Å²) < 4.78 is 110. The number of benzene rings is 4. The van der Waals surface area contributed by atoms with Crippen molar-refractivity contribution in [1.29, 1.82) is 0 Å². The fourth-order valence-electron chi connectivity index (χ4n) is 16.8. The molecule has 604 valence electrons. The number of carbonyl (C=O) groups is 4. The molecule has 20 atom stereocenters. The number of hydrogen-bond donors (Lipinski definition) is 5. The normalized spacial score (nSPS) is 32.7. The summed E-state index contributed by atoms with van der Waals surface area (Å²) in [6.07, 6.45) is -11.5. The summed E-state index contributed by atoms with van der Waals surface area (Å²) in [5, 5.41) is 54.6. The number of likely N-dealkylation sites (N-methyl/N-ethyl adjacent to an activating group) is 2. The van der Waals surface area contributed by atoms with Gasteiger partial charge in [0.05, 0.1) is 78.9 Å². The maximum atomic E-state index is 13.7. The van der Waals surface area contributed by atoms with E-state index in [2.05, 4.69) is 33.7 Å². The minimum Gasteiger partial charge on any atom is -0.502 e. The molecule has 0 aromatic heterocycles. The molecule has 8 fully saturated rings. The molecule has 110 heavy (non-hydrogen) atoms. The van der Waals surface area contributed by atoms with Crippen LogP contribution in [-0.4, -0.2) is 290 Å². The van der Waals surface area contributed by atoms with Gasteiger partial charge in [0.25, 0.3) is 0 Å². The highest BCUT2D eigenvalue weighted by Crippen LogP contribution is 2.60. The van der Waals surface area contributed by atoms with E-state index < -0.39 is 140 Å². The lowest BCUT2D eigenvalue weighted by Crippen LogP contribution is -2.63. The second-order valence-corrected chi connectivity index (χ2v) is 29.7. The van der Waals surface area contributed by atoms with Gasteiger partial charge in [0.2, 0.25) is 30.3 Å². The Bertz CT molecular complexity index is 3870. The van der Waals surface area contributed by atoms with Gasteiger partial charge in [-0.3, -0.25) is 19.2 Å². The molecule has 4 aromatic carbocycles. The molecule has 5 N–H and O–H groups in total. The summed E-state index contributed by atoms with van der Waals surface area (Å²) in [6, 6.07) is 14.0. The Kier molecular flexibility index (Phi) is 26.0. The number of aromatic hydroxyl groups is 1. The van der Waals surface area contributed by atoms with Crippen LogP contribution in [-0.2, 0) is 66.5 Å². The van der Waals surface area contributed by atoms with Gasteiger partial charge in [0, 0.05) is 88.9 Å². The second-order valence-electron chi connectivity index (χ2n) is 29.3. The highest BCUT2D eigenvalue weighted by molar-refractivity contribution is 6.63. The third-order valence-electron chi connectivity index (χ3n) is 22.6. The molecule has 16 rings (SSSR count). The molecular formula is C76H98Cl2N4O28. The lowest BCUT2D eigenvalue weighted by Gasteiger charge is -2.47. The molecule has 0 radical (unpaired) electrons. The number of methoxy groups -OCH3 is 4. The average molecular weight is 1590 g/mol. The summed E-state index contributed by atoms with van der Waals surface area (Å²) >= 11 is 5.25. The third-order valence-corrected chi connectivity index (χ3v) is 22.8. The van der Waals surface area contributed by atoms with Crippen LogP contribution in [0.4, 0.5) is 0 Å². The number of phenolic OH excluding ortho intramolecular Hbond substituents is 1. The topological polar surface area (TPSA) is 358 Å². The van der Waals surface area contributed by atoms with E-state index in [4.69, 9.17) is 102 Å². The largest absolute Gasteiger partial charge is 0.502 e. The molecule has 2 aliphatic carbocycles. The Morgan fingerprint density at radius 1 is 0.500 bits per heavy atom. The quantitative estimate of drug-likeness (QED) is 0.0501. The first kappa shape index (κ1) is 81.1. The Morgan fingerprint density at radius 3 is 1.27 bits per heavy atom. The zero-order valence-electron chi connectivity index (χ0n) is 62.5. The molecule has 12 aliphatic rings. The number of rotatable bonds is 19. The van der Waals surface area contributed by atoms with Crippen LogP contribution >= 0.6 is 24.0 Å². The summed E-state index contributed by atoms with van der Waals surface area (Å²) in [6.45, 7) is 14.1. The number of fused-ring (bicyclic) bond motifs is 8. The summed E-state index contributed by atoms with van der Waals surface area (Å²) in [4.78, 5) is 60.1. The van der Waals surface area contributed by atoms with Gasteiger partial charge >= 0.3 is 17.9 Å². The first-order chi connectivity index (χ1) is 52.6. The van der Waals surface area contributed by atoms with E-state index in [0.717, 1.165) is 71.9 Å². The van der Waals surface area contributed by atoms with Gasteiger partial charge in [-0.15, -0.1) is 12.4 Å². The van der Waals surface area contributed by atoms with Crippen molar-refractivity contribution in [2.75, 3.05) is 148 Å². The zero-order chi connectivity index (χ0) is 76.6. The minimum absolute atomic E-state index is 0. The summed E-state index contributed by atoms with van der Waals surface area (Å²) in [5.41, 5.74) is 4.00. The monoisotopic (exact) mass is 1580 g/mol. The van der Waals surface area contributed by atoms with E-state index in [1.807, 2.05) is 12.1 Å². The number of piperazine rings is 2. The van der Waals surface area contributed by atoms with Crippen molar-refractivity contribution in [3.63, 3.8) is 0 Å². The van der Waals surface area contributed by atoms with Crippen LogP contribution in [0.15, 0.2) is 48.5 Å². The Labute approximate surface area is 647 Å². The number of esters is 3. The number of carbonyl (C=O) groups excluding carboxylic acids is 4. The molecule has 10 heterocycles. The van der Waals surface area contributed by atoms with E-state index in [1.54, 1.807) is 50.2 Å². The van der Waals surface area contributed by atoms with E-state index in [0.29, 0.717) is 69.2 Å². The van der Waals surface area contributed by atoms with Gasteiger partial charge in [-0.05, 0) is 147 Å². The van der Waals surface area contributed by atoms with Gasteiger partial charge < -0.3 is 135 Å². The van der Waals surface area contributed by atoms with Crippen LogP contribution in [0.5, 0.6) is 57.5 Å². The standard InChI is InChI=1S/C38H48N2O14.C29H32O13.C9H17ClN2O.ClH/c1-19-47-17-28-36(51-19)32(42)33(43)38(52-28)54-34-22-15-25-24(49-18-50-25)14-21(22)30(31-23(34)16-48-37(31)44)20-12-26(45-3)35(27(13-20)46-4)53-29(41)6-5-7-40-10-8-39(2)9-11-40;1-11-36-9-20-27(40-11)24(31)25(32)29(41-20)42-26-14-7-17-16(38-10-39-17)6-13(14)21(22-15(26)8-37-28(22)33)12-4-18(34-2)23(30)19(5-12)35-3;1-11-5-7-12(8-6-11)4-2-3-9(10)13;/h12-15,19,23,28,30-34,36,38,42-43H,5-11,16-18H2,1-4H3;4-7,11,15,20-22,24-27,29-32H,8-10H2,1-3H3;2-8H2,1H3;1H/t19-,23+,28-,30-,31+,32-,33-,34-,36-,38+;11-,15+,20-,21-,22+,24-,25-,26-,27-,29+;;/m11../s1. The van der Waals surface area contributed by atoms with Crippen molar-refractivity contribution in [1.82, 2.24) is 19.6 Å². The summed E-state index contributed by atoms with van der Waals surface area (Å²) in [5.74, 6) is -2.16. The smallest absolute Gasteiger partial charge is 0.311 e. The average Bonchev–Trinajstić information content (AvgIpc) is 1.43. The molecule has 0 saturated carbocycles. The van der Waals surface area contributed by atoms with Gasteiger partial charge in [0.1, 0.15) is 48.8 Å².